The maximum absolute atomic E-state index is 9.59. The van der Waals surface area contributed by atoms with Crippen molar-refractivity contribution >= 4 is 24.5 Å². The second-order valence-corrected chi connectivity index (χ2v) is 6.88. The molecule has 0 aliphatic carbocycles. The first-order chi connectivity index (χ1) is 8.77. The highest BCUT2D eigenvalue weighted by Gasteiger charge is 2.52. The Bertz CT molecular complexity index is 475. The first kappa shape index (κ1) is 14.8. The van der Waals surface area contributed by atoms with Crippen molar-refractivity contribution in [3.63, 3.8) is 0 Å². The molecule has 1 N–H and O–H groups in total. The predicted octanol–water partition coefficient (Wildman–Crippen LogP) is 3.06. The topological polar surface area (TPSA) is 38.7 Å². The highest BCUT2D eigenvalue weighted by molar-refractivity contribution is 7.11. The lowest BCUT2D eigenvalue weighted by atomic mass is 9.78. The Morgan fingerprint density at radius 1 is 1.32 bits per heavy atom. The van der Waals surface area contributed by atoms with Gasteiger partial charge in [-0.1, -0.05) is 0 Å². The molecule has 0 aromatic carbocycles. The van der Waals surface area contributed by atoms with Crippen LogP contribution in [-0.2, 0) is 9.31 Å². The lowest BCUT2D eigenvalue weighted by molar-refractivity contribution is 0.00578. The number of rotatable bonds is 3. The third kappa shape index (κ3) is 2.79. The molecule has 1 aliphatic heterocycles. The van der Waals surface area contributed by atoms with Crippen LogP contribution in [0.2, 0.25) is 0 Å². The number of aliphatic hydroxyl groups excluding tert-OH is 1. The summed E-state index contributed by atoms with van der Waals surface area (Å²) in [4.78, 5) is 1.14. The molecule has 2 rings (SSSR count). The van der Waals surface area contributed by atoms with Crippen LogP contribution < -0.4 is 0 Å². The van der Waals surface area contributed by atoms with Gasteiger partial charge in [0.1, 0.15) is 0 Å². The summed E-state index contributed by atoms with van der Waals surface area (Å²) in [5.74, 6) is 0. The second-order valence-electron chi connectivity index (χ2n) is 5.93. The van der Waals surface area contributed by atoms with Crippen molar-refractivity contribution < 1.29 is 14.4 Å². The van der Waals surface area contributed by atoms with E-state index in [0.717, 1.165) is 10.3 Å². The molecule has 0 bridgehead atoms. The summed E-state index contributed by atoms with van der Waals surface area (Å²) in [6, 6.07) is 2.07. The van der Waals surface area contributed by atoms with Crippen molar-refractivity contribution in [2.75, 3.05) is 6.61 Å². The molecular weight excluding hydrogens is 259 g/mol. The fourth-order valence-corrected chi connectivity index (χ4v) is 2.78. The normalized spacial score (nSPS) is 22.0. The zero-order chi connectivity index (χ0) is 14.3. The van der Waals surface area contributed by atoms with E-state index in [1.807, 2.05) is 39.2 Å². The molecule has 0 spiro atoms. The number of hydrogen-bond acceptors (Lipinski definition) is 4. The maximum Gasteiger partial charge on any atom is 0.492 e. The molecule has 1 fully saturated rings. The molecule has 104 valence electrons. The minimum Gasteiger partial charge on any atom is -0.400 e. The molecule has 1 aromatic heterocycles. The fourth-order valence-electron chi connectivity index (χ4n) is 1.88. The first-order valence-electron chi connectivity index (χ1n) is 6.48. The van der Waals surface area contributed by atoms with Gasteiger partial charge in [-0.25, -0.2) is 0 Å². The first-order valence-corrected chi connectivity index (χ1v) is 7.36. The van der Waals surface area contributed by atoms with Gasteiger partial charge in [0.05, 0.1) is 17.8 Å². The molecular formula is C14H21BO3S. The van der Waals surface area contributed by atoms with Crippen LogP contribution in [0.4, 0.5) is 0 Å². The van der Waals surface area contributed by atoms with E-state index < -0.39 is 7.12 Å². The standard InChI is InChI=1S/C14H21BO3S/c1-10-6-7-19-12(10)8-11(9-16)15-17-13(2,3)14(4,5)18-15/h6-8,16H,9H2,1-5H3. The molecule has 0 saturated carbocycles. The Morgan fingerprint density at radius 3 is 2.32 bits per heavy atom. The summed E-state index contributed by atoms with van der Waals surface area (Å²) < 4.78 is 11.9. The Balaban J connectivity index is 2.26. The number of thiophene rings is 1. The average molecular weight is 280 g/mol. The summed E-state index contributed by atoms with van der Waals surface area (Å²) in [7, 11) is -0.475. The van der Waals surface area contributed by atoms with Crippen molar-refractivity contribution in [3.05, 3.63) is 27.4 Å². The van der Waals surface area contributed by atoms with E-state index in [9.17, 15) is 5.11 Å². The molecule has 0 radical (unpaired) electrons. The smallest absolute Gasteiger partial charge is 0.400 e. The van der Waals surface area contributed by atoms with E-state index in [-0.39, 0.29) is 17.8 Å². The van der Waals surface area contributed by atoms with Crippen LogP contribution in [0.3, 0.4) is 0 Å². The van der Waals surface area contributed by atoms with Gasteiger partial charge in [0, 0.05) is 4.88 Å². The molecule has 19 heavy (non-hydrogen) atoms. The minimum atomic E-state index is -0.475. The lowest BCUT2D eigenvalue weighted by Crippen LogP contribution is -2.41. The van der Waals surface area contributed by atoms with E-state index >= 15 is 0 Å². The van der Waals surface area contributed by atoms with Gasteiger partial charge in [-0.15, -0.1) is 11.3 Å². The van der Waals surface area contributed by atoms with E-state index in [1.165, 1.54) is 5.56 Å². The van der Waals surface area contributed by atoms with Gasteiger partial charge in [0.15, 0.2) is 0 Å². The van der Waals surface area contributed by atoms with Crippen LogP contribution in [0.1, 0.15) is 38.1 Å². The Hall–Kier alpha value is -0.615. The van der Waals surface area contributed by atoms with Gasteiger partial charge < -0.3 is 14.4 Å². The molecule has 0 atom stereocenters. The number of aliphatic hydroxyl groups is 1. The summed E-state index contributed by atoms with van der Waals surface area (Å²) in [6.45, 7) is 10.0. The second kappa shape index (κ2) is 5.06. The monoisotopic (exact) mass is 280 g/mol. The van der Waals surface area contributed by atoms with Crippen molar-refractivity contribution in [2.24, 2.45) is 0 Å². The molecule has 2 heterocycles. The molecule has 0 unspecified atom stereocenters. The van der Waals surface area contributed by atoms with Crippen LogP contribution in [0.15, 0.2) is 16.9 Å². The predicted molar refractivity (Wildman–Crippen MR) is 80.2 cm³/mol. The lowest BCUT2D eigenvalue weighted by Gasteiger charge is -2.32. The van der Waals surface area contributed by atoms with E-state index in [0.29, 0.717) is 0 Å². The van der Waals surface area contributed by atoms with Crippen molar-refractivity contribution in [1.82, 2.24) is 0 Å². The molecule has 0 amide bonds. The number of aryl methyl sites for hydroxylation is 1. The molecule has 1 aromatic rings. The summed E-state index contributed by atoms with van der Waals surface area (Å²) >= 11 is 1.65. The maximum atomic E-state index is 9.59. The SMILES string of the molecule is Cc1ccsc1C=C(CO)B1OC(C)(C)C(C)(C)O1. The van der Waals surface area contributed by atoms with Crippen LogP contribution in [0.5, 0.6) is 0 Å². The Morgan fingerprint density at radius 2 is 1.89 bits per heavy atom. The van der Waals surface area contributed by atoms with Crippen molar-refractivity contribution in [1.29, 1.82) is 0 Å². The zero-order valence-corrected chi connectivity index (χ0v) is 13.0. The average Bonchev–Trinajstić information content (AvgIpc) is 2.78. The highest BCUT2D eigenvalue weighted by Crippen LogP contribution is 2.39. The van der Waals surface area contributed by atoms with Gasteiger partial charge in [-0.05, 0) is 63.2 Å². The molecule has 3 nitrogen and oxygen atoms in total. The van der Waals surface area contributed by atoms with Gasteiger partial charge in [-0.2, -0.15) is 0 Å². The van der Waals surface area contributed by atoms with Crippen LogP contribution in [-0.4, -0.2) is 30.0 Å². The van der Waals surface area contributed by atoms with E-state index in [1.54, 1.807) is 11.3 Å². The summed E-state index contributed by atoms with van der Waals surface area (Å²) in [5, 5.41) is 11.6. The zero-order valence-electron chi connectivity index (χ0n) is 12.2. The third-order valence-corrected chi connectivity index (χ3v) is 4.92. The third-order valence-electron chi connectivity index (χ3n) is 3.96. The van der Waals surface area contributed by atoms with Gasteiger partial charge in [0.25, 0.3) is 0 Å². The quantitative estimate of drug-likeness (QED) is 0.865. The van der Waals surface area contributed by atoms with Crippen molar-refractivity contribution in [3.8, 4) is 0 Å². The molecule has 1 saturated heterocycles. The van der Waals surface area contributed by atoms with Crippen LogP contribution >= 0.6 is 11.3 Å². The molecule has 1 aliphatic rings. The number of hydrogen-bond donors (Lipinski definition) is 1. The van der Waals surface area contributed by atoms with Gasteiger partial charge >= 0.3 is 7.12 Å². The van der Waals surface area contributed by atoms with Crippen LogP contribution in [0, 0.1) is 6.92 Å². The summed E-state index contributed by atoms with van der Waals surface area (Å²) in [6.07, 6.45) is 1.97. The van der Waals surface area contributed by atoms with Crippen molar-refractivity contribution in [2.45, 2.75) is 45.8 Å². The van der Waals surface area contributed by atoms with Gasteiger partial charge in [-0.3, -0.25) is 0 Å². The minimum absolute atomic E-state index is 0.0613. The fraction of sp³-hybridized carbons (Fsp3) is 0.571. The Kier molecular flexibility index (Phi) is 3.93. The van der Waals surface area contributed by atoms with Crippen LogP contribution in [0.25, 0.3) is 6.08 Å². The van der Waals surface area contributed by atoms with E-state index in [2.05, 4.69) is 13.0 Å². The summed E-state index contributed by atoms with van der Waals surface area (Å²) in [5.41, 5.74) is 1.21. The van der Waals surface area contributed by atoms with E-state index in [4.69, 9.17) is 9.31 Å². The highest BCUT2D eigenvalue weighted by atomic mass is 32.1. The molecule has 5 heteroatoms. The van der Waals surface area contributed by atoms with Gasteiger partial charge in [0.2, 0.25) is 0 Å². The largest absolute Gasteiger partial charge is 0.492 e. The Labute approximate surface area is 119 Å².